The maximum atomic E-state index is 13.3. The van der Waals surface area contributed by atoms with E-state index in [0.717, 1.165) is 5.69 Å². The molecule has 1 heterocycles. The summed E-state index contributed by atoms with van der Waals surface area (Å²) in [5.74, 6) is 0.292. The molecule has 3 rings (SSSR count). The number of nitrogens with zero attached hydrogens (tertiary/aromatic N) is 1. The normalized spacial score (nSPS) is 14.0. The molecule has 2 aromatic carbocycles. The number of methoxy groups -OCH3 is 1. The number of rotatable bonds is 10. The van der Waals surface area contributed by atoms with Gasteiger partial charge in [-0.15, -0.1) is 0 Å². The molecule has 6 heteroatoms. The number of carbonyl (C=O) groups excluding carboxylic acids is 2. The third-order valence-corrected chi connectivity index (χ3v) is 5.27. The van der Waals surface area contributed by atoms with Crippen LogP contribution in [0.2, 0.25) is 0 Å². The zero-order valence-corrected chi connectivity index (χ0v) is 18.6. The number of ether oxygens (including phenoxy) is 2. The predicted octanol–water partition coefficient (Wildman–Crippen LogP) is 4.44. The second kappa shape index (κ2) is 10.3. The van der Waals surface area contributed by atoms with Crippen molar-refractivity contribution in [3.63, 3.8) is 0 Å². The van der Waals surface area contributed by atoms with Gasteiger partial charge in [-0.2, -0.15) is 0 Å². The average Bonchev–Trinajstić information content (AvgIpc) is 3.00. The summed E-state index contributed by atoms with van der Waals surface area (Å²) in [4.78, 5) is 27.8. The van der Waals surface area contributed by atoms with Gasteiger partial charge in [0.25, 0.3) is 11.8 Å². The number of anilines is 1. The van der Waals surface area contributed by atoms with Crippen molar-refractivity contribution in [2.75, 3.05) is 32.2 Å². The Bertz CT molecular complexity index is 964. The third-order valence-electron chi connectivity index (χ3n) is 5.27. The fourth-order valence-corrected chi connectivity index (χ4v) is 3.56. The van der Waals surface area contributed by atoms with Gasteiger partial charge >= 0.3 is 0 Å². The summed E-state index contributed by atoms with van der Waals surface area (Å²) >= 11 is 0. The number of para-hydroxylation sites is 1. The van der Waals surface area contributed by atoms with Gasteiger partial charge in [0, 0.05) is 31.0 Å². The molecule has 0 radical (unpaired) electrons. The monoisotopic (exact) mass is 422 g/mol. The van der Waals surface area contributed by atoms with Crippen LogP contribution in [0, 0.1) is 0 Å². The minimum atomic E-state index is -0.338. The highest BCUT2D eigenvalue weighted by Crippen LogP contribution is 2.35. The lowest BCUT2D eigenvalue weighted by Crippen LogP contribution is -2.34. The predicted molar refractivity (Wildman–Crippen MR) is 122 cm³/mol. The molecule has 2 aromatic rings. The zero-order valence-electron chi connectivity index (χ0n) is 18.6. The lowest BCUT2D eigenvalue weighted by atomic mass is 10.0. The van der Waals surface area contributed by atoms with E-state index in [1.807, 2.05) is 43.3 Å². The van der Waals surface area contributed by atoms with Crippen molar-refractivity contribution in [2.45, 2.75) is 33.1 Å². The van der Waals surface area contributed by atoms with Crippen LogP contribution in [0.3, 0.4) is 0 Å². The van der Waals surface area contributed by atoms with Crippen LogP contribution in [-0.2, 0) is 14.3 Å². The topological polar surface area (TPSA) is 67.9 Å². The molecule has 1 aliphatic rings. The highest BCUT2D eigenvalue weighted by atomic mass is 16.5. The molecule has 0 atom stereocenters. The molecule has 0 bridgehead atoms. The van der Waals surface area contributed by atoms with Gasteiger partial charge in [0.15, 0.2) is 0 Å². The van der Waals surface area contributed by atoms with E-state index in [9.17, 15) is 9.59 Å². The summed E-state index contributed by atoms with van der Waals surface area (Å²) in [6.45, 7) is 7.57. The Balaban J connectivity index is 1.97. The highest BCUT2D eigenvalue weighted by molar-refractivity contribution is 6.37. The molecule has 2 amide bonds. The molecule has 0 aliphatic carbocycles. The second-order valence-corrected chi connectivity index (χ2v) is 7.66. The van der Waals surface area contributed by atoms with Crippen LogP contribution in [0.25, 0.3) is 5.57 Å². The number of hydrogen-bond acceptors (Lipinski definition) is 5. The van der Waals surface area contributed by atoms with E-state index in [-0.39, 0.29) is 17.5 Å². The van der Waals surface area contributed by atoms with Gasteiger partial charge in [0.05, 0.1) is 12.7 Å². The van der Waals surface area contributed by atoms with Crippen molar-refractivity contribution in [3.05, 3.63) is 65.4 Å². The zero-order chi connectivity index (χ0) is 22.4. The largest absolute Gasteiger partial charge is 0.496 e. The maximum absolute atomic E-state index is 13.3. The SMILES string of the molecule is CCOCCCN1C(=O)C(Nc2ccc(C(C)C)cc2)=C(c2ccccc2OC)C1=O. The van der Waals surface area contributed by atoms with E-state index < -0.39 is 0 Å². The van der Waals surface area contributed by atoms with Crippen molar-refractivity contribution in [3.8, 4) is 5.75 Å². The highest BCUT2D eigenvalue weighted by Gasteiger charge is 2.39. The lowest BCUT2D eigenvalue weighted by molar-refractivity contribution is -0.137. The molecule has 0 aromatic heterocycles. The van der Waals surface area contributed by atoms with E-state index in [1.54, 1.807) is 19.2 Å². The van der Waals surface area contributed by atoms with Crippen LogP contribution < -0.4 is 10.1 Å². The van der Waals surface area contributed by atoms with Gasteiger partial charge in [-0.3, -0.25) is 14.5 Å². The van der Waals surface area contributed by atoms with Crippen molar-refractivity contribution in [1.82, 2.24) is 4.90 Å². The Morgan fingerprint density at radius 3 is 2.35 bits per heavy atom. The van der Waals surface area contributed by atoms with Crippen LogP contribution in [-0.4, -0.2) is 43.6 Å². The van der Waals surface area contributed by atoms with Crippen LogP contribution in [0.15, 0.2) is 54.2 Å². The lowest BCUT2D eigenvalue weighted by Gasteiger charge is -2.15. The van der Waals surface area contributed by atoms with E-state index >= 15 is 0 Å². The van der Waals surface area contributed by atoms with Crippen molar-refractivity contribution < 1.29 is 19.1 Å². The summed E-state index contributed by atoms with van der Waals surface area (Å²) in [6.07, 6.45) is 0.584. The number of amides is 2. The molecular formula is C25H30N2O4. The van der Waals surface area contributed by atoms with Crippen molar-refractivity contribution >= 4 is 23.1 Å². The van der Waals surface area contributed by atoms with Gasteiger partial charge in [-0.25, -0.2) is 0 Å². The Morgan fingerprint density at radius 2 is 1.71 bits per heavy atom. The minimum Gasteiger partial charge on any atom is -0.496 e. The number of nitrogens with one attached hydrogen (secondary N) is 1. The van der Waals surface area contributed by atoms with E-state index in [1.165, 1.54) is 10.5 Å². The van der Waals surface area contributed by atoms with Gasteiger partial charge in [0.1, 0.15) is 11.4 Å². The molecule has 0 unspecified atom stereocenters. The first-order chi connectivity index (χ1) is 15.0. The summed E-state index contributed by atoms with van der Waals surface area (Å²) in [5.41, 5.74) is 3.15. The summed E-state index contributed by atoms with van der Waals surface area (Å²) in [5, 5.41) is 3.20. The van der Waals surface area contributed by atoms with E-state index in [0.29, 0.717) is 49.0 Å². The number of hydrogen-bond donors (Lipinski definition) is 1. The fourth-order valence-electron chi connectivity index (χ4n) is 3.56. The first-order valence-electron chi connectivity index (χ1n) is 10.7. The average molecular weight is 423 g/mol. The fraction of sp³-hybridized carbons (Fsp3) is 0.360. The number of imide groups is 1. The summed E-state index contributed by atoms with van der Waals surface area (Å²) < 4.78 is 10.8. The summed E-state index contributed by atoms with van der Waals surface area (Å²) in [6, 6.07) is 15.2. The standard InChI is InChI=1S/C25H30N2O4/c1-5-31-16-8-15-27-24(28)22(20-9-6-7-10-21(20)30-4)23(25(27)29)26-19-13-11-18(12-14-19)17(2)3/h6-7,9-14,17,26H,5,8,15-16H2,1-4H3. The third kappa shape index (κ3) is 4.97. The van der Waals surface area contributed by atoms with Gasteiger partial charge < -0.3 is 14.8 Å². The Kier molecular flexibility index (Phi) is 7.47. The molecule has 6 nitrogen and oxygen atoms in total. The van der Waals surface area contributed by atoms with Gasteiger partial charge in [-0.1, -0.05) is 44.2 Å². The molecule has 31 heavy (non-hydrogen) atoms. The molecule has 0 saturated heterocycles. The first-order valence-corrected chi connectivity index (χ1v) is 10.7. The van der Waals surface area contributed by atoms with Gasteiger partial charge in [-0.05, 0) is 43.0 Å². The van der Waals surface area contributed by atoms with E-state index in [2.05, 4.69) is 19.2 Å². The van der Waals surface area contributed by atoms with Crippen molar-refractivity contribution in [1.29, 1.82) is 0 Å². The first kappa shape index (κ1) is 22.6. The maximum Gasteiger partial charge on any atom is 0.278 e. The quantitative estimate of drug-likeness (QED) is 0.453. The van der Waals surface area contributed by atoms with Crippen LogP contribution in [0.1, 0.15) is 44.2 Å². The molecule has 164 valence electrons. The van der Waals surface area contributed by atoms with E-state index in [4.69, 9.17) is 9.47 Å². The van der Waals surface area contributed by atoms with Crippen LogP contribution in [0.5, 0.6) is 5.75 Å². The summed E-state index contributed by atoms with van der Waals surface area (Å²) in [7, 11) is 1.55. The Hall–Kier alpha value is -3.12. The van der Waals surface area contributed by atoms with Crippen LogP contribution in [0.4, 0.5) is 5.69 Å². The minimum absolute atomic E-state index is 0.267. The molecule has 0 saturated carbocycles. The second-order valence-electron chi connectivity index (χ2n) is 7.66. The van der Waals surface area contributed by atoms with Gasteiger partial charge in [0.2, 0.25) is 0 Å². The number of carbonyl (C=O) groups is 2. The Morgan fingerprint density at radius 1 is 1.00 bits per heavy atom. The molecule has 1 N–H and O–H groups in total. The van der Waals surface area contributed by atoms with Crippen molar-refractivity contribution in [2.24, 2.45) is 0 Å². The van der Waals surface area contributed by atoms with Crippen LogP contribution >= 0.6 is 0 Å². The number of benzene rings is 2. The molecule has 1 aliphatic heterocycles. The molecule has 0 spiro atoms. The molecule has 0 fully saturated rings. The smallest absolute Gasteiger partial charge is 0.278 e. The molecular weight excluding hydrogens is 392 g/mol. The Labute approximate surface area is 183 Å².